The van der Waals surface area contributed by atoms with Gasteiger partial charge in [0.15, 0.2) is 11.5 Å². The lowest BCUT2D eigenvalue weighted by atomic mass is 9.81. The maximum atomic E-state index is 11.8. The first-order chi connectivity index (χ1) is 12.8. The van der Waals surface area contributed by atoms with Gasteiger partial charge in [-0.15, -0.1) is 0 Å². The number of phenols is 1. The third kappa shape index (κ3) is 4.37. The highest BCUT2D eigenvalue weighted by Crippen LogP contribution is 2.47. The normalized spacial score (nSPS) is 25.0. The highest BCUT2D eigenvalue weighted by molar-refractivity contribution is 6.30. The van der Waals surface area contributed by atoms with Crippen LogP contribution in [0.25, 0.3) is 0 Å². The SMILES string of the molecule is COc1cccc([C@H]2C[C@@](C)(NC(C)=O)C[C@@H](c3cccc(Cl)c3)O2)c1O. The van der Waals surface area contributed by atoms with Crippen molar-refractivity contribution >= 4 is 17.5 Å². The van der Waals surface area contributed by atoms with Gasteiger partial charge >= 0.3 is 0 Å². The molecule has 1 saturated heterocycles. The molecular weight excluding hydrogens is 366 g/mol. The van der Waals surface area contributed by atoms with Crippen molar-refractivity contribution in [3.63, 3.8) is 0 Å². The van der Waals surface area contributed by atoms with Crippen LogP contribution >= 0.6 is 11.6 Å². The van der Waals surface area contributed by atoms with Gasteiger partial charge in [0.25, 0.3) is 0 Å². The van der Waals surface area contributed by atoms with E-state index in [1.807, 2.05) is 43.3 Å². The zero-order valence-electron chi connectivity index (χ0n) is 15.7. The van der Waals surface area contributed by atoms with Gasteiger partial charge in [0, 0.05) is 35.9 Å². The number of carbonyl (C=O) groups excluding carboxylic acids is 1. The lowest BCUT2D eigenvalue weighted by Gasteiger charge is -2.43. The van der Waals surface area contributed by atoms with Gasteiger partial charge in [-0.3, -0.25) is 4.79 Å². The highest BCUT2D eigenvalue weighted by atomic mass is 35.5. The lowest BCUT2D eigenvalue weighted by molar-refractivity contribution is -0.126. The number of methoxy groups -OCH3 is 1. The number of hydrogen-bond donors (Lipinski definition) is 2. The maximum absolute atomic E-state index is 11.8. The van der Waals surface area contributed by atoms with Crippen LogP contribution in [0.1, 0.15) is 50.0 Å². The Bertz CT molecular complexity index is 841. The molecule has 0 unspecified atom stereocenters. The van der Waals surface area contributed by atoms with E-state index in [4.69, 9.17) is 21.1 Å². The molecule has 27 heavy (non-hydrogen) atoms. The summed E-state index contributed by atoms with van der Waals surface area (Å²) in [5.74, 6) is 0.349. The average molecular weight is 390 g/mol. The van der Waals surface area contributed by atoms with Crippen molar-refractivity contribution in [2.75, 3.05) is 7.11 Å². The van der Waals surface area contributed by atoms with Crippen LogP contribution in [0.2, 0.25) is 5.02 Å². The van der Waals surface area contributed by atoms with Crippen molar-refractivity contribution < 1.29 is 19.4 Å². The minimum absolute atomic E-state index is 0.0573. The predicted octanol–water partition coefficient (Wildman–Crippen LogP) is 4.54. The number of amides is 1. The minimum atomic E-state index is -0.489. The molecule has 3 atom stereocenters. The second-order valence-electron chi connectivity index (χ2n) is 7.22. The molecule has 1 fully saturated rings. The topological polar surface area (TPSA) is 67.8 Å². The third-order valence-corrected chi connectivity index (χ3v) is 5.13. The van der Waals surface area contributed by atoms with E-state index in [9.17, 15) is 9.90 Å². The van der Waals surface area contributed by atoms with Gasteiger partial charge in [-0.05, 0) is 30.7 Å². The van der Waals surface area contributed by atoms with Crippen molar-refractivity contribution in [1.82, 2.24) is 5.32 Å². The number of nitrogens with one attached hydrogen (secondary N) is 1. The van der Waals surface area contributed by atoms with E-state index in [2.05, 4.69) is 5.32 Å². The number of carbonyl (C=O) groups is 1. The summed E-state index contributed by atoms with van der Waals surface area (Å²) < 4.78 is 11.6. The average Bonchev–Trinajstić information content (AvgIpc) is 2.60. The molecule has 2 aromatic carbocycles. The molecule has 1 amide bonds. The molecule has 1 aliphatic rings. The van der Waals surface area contributed by atoms with Gasteiger partial charge in [-0.2, -0.15) is 0 Å². The fourth-order valence-corrected chi connectivity index (χ4v) is 3.97. The fraction of sp³-hybridized carbons (Fsp3) is 0.381. The van der Waals surface area contributed by atoms with E-state index >= 15 is 0 Å². The summed E-state index contributed by atoms with van der Waals surface area (Å²) in [7, 11) is 1.51. The van der Waals surface area contributed by atoms with Crippen LogP contribution in [0.3, 0.4) is 0 Å². The second kappa shape index (κ2) is 7.79. The number of halogens is 1. The molecule has 3 rings (SSSR count). The zero-order chi connectivity index (χ0) is 19.6. The van der Waals surface area contributed by atoms with Gasteiger partial charge in [0.2, 0.25) is 5.91 Å². The van der Waals surface area contributed by atoms with Gasteiger partial charge in [-0.25, -0.2) is 0 Å². The van der Waals surface area contributed by atoms with Crippen LogP contribution in [0, 0.1) is 0 Å². The Morgan fingerprint density at radius 3 is 2.63 bits per heavy atom. The van der Waals surface area contributed by atoms with Crippen molar-refractivity contribution in [2.24, 2.45) is 0 Å². The first-order valence-electron chi connectivity index (χ1n) is 8.87. The fourth-order valence-electron chi connectivity index (χ4n) is 3.77. The van der Waals surface area contributed by atoms with Crippen molar-refractivity contribution in [2.45, 2.75) is 44.4 Å². The Balaban J connectivity index is 1.99. The minimum Gasteiger partial charge on any atom is -0.504 e. The quantitative estimate of drug-likeness (QED) is 0.805. The van der Waals surface area contributed by atoms with Gasteiger partial charge in [-0.1, -0.05) is 35.9 Å². The van der Waals surface area contributed by atoms with Crippen LogP contribution in [0.5, 0.6) is 11.5 Å². The largest absolute Gasteiger partial charge is 0.504 e. The summed E-state index contributed by atoms with van der Waals surface area (Å²) in [5, 5.41) is 14.3. The molecular formula is C21H24ClNO4. The van der Waals surface area contributed by atoms with E-state index in [0.717, 1.165) is 5.56 Å². The highest BCUT2D eigenvalue weighted by Gasteiger charge is 2.40. The molecule has 0 saturated carbocycles. The van der Waals surface area contributed by atoms with Crippen molar-refractivity contribution in [3.05, 3.63) is 58.6 Å². The summed E-state index contributed by atoms with van der Waals surface area (Å²) in [6.45, 7) is 3.51. The van der Waals surface area contributed by atoms with Gasteiger partial charge < -0.3 is 19.9 Å². The number of phenolic OH excluding ortho intramolecular Hbond substituents is 1. The standard InChI is InChI=1S/C21H24ClNO4/c1-13(24)23-21(2)11-18(14-6-4-7-15(22)10-14)27-19(12-21)16-8-5-9-17(26-3)20(16)25/h4-10,18-19,25H,11-12H2,1-3H3,(H,23,24)/t18-,19+,21-/m0/s1. The van der Waals surface area contributed by atoms with E-state index < -0.39 is 11.6 Å². The monoisotopic (exact) mass is 389 g/mol. The summed E-state index contributed by atoms with van der Waals surface area (Å²) >= 11 is 6.16. The summed E-state index contributed by atoms with van der Waals surface area (Å²) in [6.07, 6.45) is 0.456. The van der Waals surface area contributed by atoms with Crippen molar-refractivity contribution in [3.8, 4) is 11.5 Å². The Kier molecular flexibility index (Phi) is 5.63. The number of hydrogen-bond acceptors (Lipinski definition) is 4. The molecule has 5 nitrogen and oxygen atoms in total. The smallest absolute Gasteiger partial charge is 0.217 e. The third-order valence-electron chi connectivity index (χ3n) is 4.90. The Hall–Kier alpha value is -2.24. The van der Waals surface area contributed by atoms with Crippen LogP contribution in [0.4, 0.5) is 0 Å². The molecule has 2 N–H and O–H groups in total. The van der Waals surface area contributed by atoms with E-state index in [1.54, 1.807) is 6.07 Å². The molecule has 0 bridgehead atoms. The molecule has 0 radical (unpaired) electrons. The van der Waals surface area contributed by atoms with Crippen LogP contribution in [-0.2, 0) is 9.53 Å². The summed E-state index contributed by atoms with van der Waals surface area (Å²) in [6, 6.07) is 12.8. The maximum Gasteiger partial charge on any atom is 0.217 e. The van der Waals surface area contributed by atoms with Gasteiger partial charge in [0.05, 0.1) is 19.3 Å². The molecule has 1 aliphatic heterocycles. The zero-order valence-corrected chi connectivity index (χ0v) is 16.4. The lowest BCUT2D eigenvalue weighted by Crippen LogP contribution is -2.50. The van der Waals surface area contributed by atoms with Gasteiger partial charge in [0.1, 0.15) is 0 Å². The number of para-hydroxylation sites is 1. The van der Waals surface area contributed by atoms with Crippen LogP contribution in [-0.4, -0.2) is 23.7 Å². The molecule has 0 spiro atoms. The molecule has 1 heterocycles. The number of benzene rings is 2. The molecule has 0 aliphatic carbocycles. The predicted molar refractivity (Wildman–Crippen MR) is 104 cm³/mol. The summed E-state index contributed by atoms with van der Waals surface area (Å²) in [4.78, 5) is 11.8. The molecule has 144 valence electrons. The van der Waals surface area contributed by atoms with E-state index in [1.165, 1.54) is 14.0 Å². The number of rotatable bonds is 4. The van der Waals surface area contributed by atoms with Crippen LogP contribution < -0.4 is 10.1 Å². The molecule has 2 aromatic rings. The molecule has 6 heteroatoms. The number of aromatic hydroxyl groups is 1. The Morgan fingerprint density at radius 2 is 1.96 bits per heavy atom. The first-order valence-corrected chi connectivity index (χ1v) is 9.24. The first kappa shape index (κ1) is 19.5. The van der Waals surface area contributed by atoms with Crippen molar-refractivity contribution in [1.29, 1.82) is 0 Å². The van der Waals surface area contributed by atoms with Crippen LogP contribution in [0.15, 0.2) is 42.5 Å². The Morgan fingerprint density at radius 1 is 1.26 bits per heavy atom. The Labute approximate surface area is 164 Å². The summed E-state index contributed by atoms with van der Waals surface area (Å²) in [5.41, 5.74) is 1.08. The molecule has 0 aromatic heterocycles. The second-order valence-corrected chi connectivity index (χ2v) is 7.65. The van der Waals surface area contributed by atoms with E-state index in [0.29, 0.717) is 29.2 Å². The van der Waals surface area contributed by atoms with E-state index in [-0.39, 0.29) is 17.8 Å². The number of ether oxygens (including phenoxy) is 2.